The van der Waals surface area contributed by atoms with Crippen LogP contribution in [0.4, 0.5) is 0 Å². The summed E-state index contributed by atoms with van der Waals surface area (Å²) in [5, 5.41) is 20.0. The molecule has 0 amide bonds. The van der Waals surface area contributed by atoms with E-state index in [0.717, 1.165) is 0 Å². The van der Waals surface area contributed by atoms with Gasteiger partial charge in [0.1, 0.15) is 0 Å². The monoisotopic (exact) mass is 934 g/mol. The van der Waals surface area contributed by atoms with E-state index in [2.05, 4.69) is 279 Å². The first kappa shape index (κ1) is 42.1. The van der Waals surface area contributed by atoms with Gasteiger partial charge in [-0.1, -0.05) is 249 Å². The Morgan fingerprint density at radius 1 is 0.135 bits per heavy atom. The zero-order valence-corrected chi connectivity index (χ0v) is 40.6. The first-order chi connectivity index (χ1) is 36.7. The summed E-state index contributed by atoms with van der Waals surface area (Å²) in [5.74, 6) is 0. The van der Waals surface area contributed by atoms with Crippen molar-refractivity contribution in [2.45, 2.75) is 0 Å². The molecule has 0 unspecified atom stereocenters. The average molecular weight is 935 g/mol. The molecule has 15 rings (SSSR count). The number of hydrogen-bond donors (Lipinski definition) is 0. The predicted molar refractivity (Wildman–Crippen MR) is 319 cm³/mol. The first-order valence-electron chi connectivity index (χ1n) is 25.7. The second-order valence-electron chi connectivity index (χ2n) is 19.9. The molecule has 0 fully saturated rings. The lowest BCUT2D eigenvalue weighted by Gasteiger charge is -2.19. The van der Waals surface area contributed by atoms with Gasteiger partial charge in [-0.2, -0.15) is 0 Å². The van der Waals surface area contributed by atoms with Gasteiger partial charge in [-0.25, -0.2) is 0 Å². The van der Waals surface area contributed by atoms with Crippen molar-refractivity contribution in [1.29, 1.82) is 0 Å². The zero-order valence-electron chi connectivity index (χ0n) is 40.6. The van der Waals surface area contributed by atoms with E-state index in [1.165, 1.54) is 153 Å². The van der Waals surface area contributed by atoms with Crippen LogP contribution in [-0.2, 0) is 0 Å². The fourth-order valence-corrected chi connectivity index (χ4v) is 12.4. The minimum absolute atomic E-state index is 1.19. The van der Waals surface area contributed by atoms with Gasteiger partial charge in [-0.15, -0.1) is 0 Å². The minimum Gasteiger partial charge on any atom is -0.0616 e. The van der Waals surface area contributed by atoms with Crippen LogP contribution in [0.3, 0.4) is 0 Å². The Kier molecular flexibility index (Phi) is 9.68. The van der Waals surface area contributed by atoms with Crippen LogP contribution in [0.2, 0.25) is 0 Å². The van der Waals surface area contributed by atoms with E-state index < -0.39 is 0 Å². The van der Waals surface area contributed by atoms with Gasteiger partial charge in [-0.3, -0.25) is 0 Å². The minimum atomic E-state index is 1.19. The summed E-state index contributed by atoms with van der Waals surface area (Å²) in [6, 6.07) is 104. The van der Waals surface area contributed by atoms with Crippen LogP contribution in [0.15, 0.2) is 279 Å². The number of rotatable bonds is 6. The SMILES string of the molecule is c1cc(-c2cccc3ccc(-c4ccc5cccc(-c6c7ccccc7c(-c7ccc8ccccc8c7)c7ccccc67)c5c4)cc23)cc(-c2c3ccccc3c(-c3ccc4ccccc4c3)c3ccccc23)c1. The lowest BCUT2D eigenvalue weighted by Crippen LogP contribution is -1.92. The summed E-state index contributed by atoms with van der Waals surface area (Å²) in [6.45, 7) is 0. The molecule has 0 aliphatic heterocycles. The molecule has 0 radical (unpaired) electrons. The molecule has 0 nitrogen and oxygen atoms in total. The van der Waals surface area contributed by atoms with Crippen molar-refractivity contribution >= 4 is 86.2 Å². The Morgan fingerprint density at radius 3 is 0.905 bits per heavy atom. The van der Waals surface area contributed by atoms with Crippen LogP contribution < -0.4 is 0 Å². The number of benzene rings is 15. The fraction of sp³-hybridized carbons (Fsp3) is 0. The molecular weight excluding hydrogens is 889 g/mol. The van der Waals surface area contributed by atoms with Gasteiger partial charge in [0.15, 0.2) is 0 Å². The lowest BCUT2D eigenvalue weighted by atomic mass is 9.84. The van der Waals surface area contributed by atoms with Gasteiger partial charge in [0.25, 0.3) is 0 Å². The van der Waals surface area contributed by atoms with E-state index in [9.17, 15) is 0 Å². The molecule has 0 aliphatic rings. The summed E-state index contributed by atoms with van der Waals surface area (Å²) in [7, 11) is 0. The van der Waals surface area contributed by atoms with Crippen LogP contribution in [0.25, 0.3) is 153 Å². The molecule has 0 bridgehead atoms. The summed E-state index contributed by atoms with van der Waals surface area (Å²) >= 11 is 0. The van der Waals surface area contributed by atoms with E-state index in [-0.39, 0.29) is 0 Å². The molecule has 0 aromatic heterocycles. The third-order valence-corrected chi connectivity index (χ3v) is 15.8. The molecule has 0 heteroatoms. The van der Waals surface area contributed by atoms with E-state index in [1.807, 2.05) is 0 Å². The molecule has 15 aromatic carbocycles. The van der Waals surface area contributed by atoms with Crippen LogP contribution in [-0.4, -0.2) is 0 Å². The third-order valence-electron chi connectivity index (χ3n) is 15.8. The van der Waals surface area contributed by atoms with Crippen molar-refractivity contribution in [3.63, 3.8) is 0 Å². The molecule has 0 saturated carbocycles. The highest BCUT2D eigenvalue weighted by Crippen LogP contribution is 2.48. The predicted octanol–water partition coefficient (Wildman–Crippen LogP) is 20.9. The second kappa shape index (κ2) is 17.0. The molecule has 0 N–H and O–H groups in total. The Balaban J connectivity index is 0.868. The molecule has 15 aromatic rings. The Labute approximate surface area is 429 Å². The van der Waals surface area contributed by atoms with Crippen molar-refractivity contribution in [2.75, 3.05) is 0 Å². The zero-order chi connectivity index (χ0) is 48.7. The summed E-state index contributed by atoms with van der Waals surface area (Å²) in [4.78, 5) is 0. The molecule has 0 saturated heterocycles. The van der Waals surface area contributed by atoms with Crippen molar-refractivity contribution in [3.05, 3.63) is 279 Å². The highest BCUT2D eigenvalue weighted by molar-refractivity contribution is 6.25. The molecule has 0 atom stereocenters. The first-order valence-corrected chi connectivity index (χ1v) is 25.7. The maximum Gasteiger partial charge on any atom is -0.00201 e. The molecule has 0 spiro atoms. The standard InChI is InChI=1S/C74H46/c1-3-18-51-42-57(40-34-47(51)16-1)72-62-26-7-5-24-60(62)71(61-25-6-8-27-63(61)72)56-23-13-22-55(44-56)59-32-14-20-49-36-38-53(45-69(49)59)54-39-37-50-21-15-33-68(70(50)46-54)74-66-30-11-9-28-64(66)73(65-29-10-12-31-67(65)74)58-41-35-48-17-2-4-19-52(48)43-58/h1-46H. The van der Waals surface area contributed by atoms with Crippen LogP contribution in [0.5, 0.6) is 0 Å². The Bertz CT molecular complexity index is 4670. The van der Waals surface area contributed by atoms with Crippen molar-refractivity contribution in [2.24, 2.45) is 0 Å². The summed E-state index contributed by atoms with van der Waals surface area (Å²) < 4.78 is 0. The topological polar surface area (TPSA) is 0 Å². The van der Waals surface area contributed by atoms with Gasteiger partial charge in [0, 0.05) is 0 Å². The molecule has 74 heavy (non-hydrogen) atoms. The van der Waals surface area contributed by atoms with Gasteiger partial charge in [-0.05, 0) is 183 Å². The van der Waals surface area contributed by atoms with Gasteiger partial charge >= 0.3 is 0 Å². The van der Waals surface area contributed by atoms with E-state index >= 15 is 0 Å². The smallest absolute Gasteiger partial charge is 0.00201 e. The number of fused-ring (bicyclic) bond motifs is 8. The quantitative estimate of drug-likeness (QED) is 0.146. The lowest BCUT2D eigenvalue weighted by molar-refractivity contribution is 1.62. The highest BCUT2D eigenvalue weighted by Gasteiger charge is 2.20. The van der Waals surface area contributed by atoms with Crippen molar-refractivity contribution < 1.29 is 0 Å². The maximum atomic E-state index is 2.42. The van der Waals surface area contributed by atoms with E-state index in [0.29, 0.717) is 0 Å². The molecular formula is C74H46. The molecule has 342 valence electrons. The van der Waals surface area contributed by atoms with Crippen LogP contribution >= 0.6 is 0 Å². The van der Waals surface area contributed by atoms with Gasteiger partial charge in [0.2, 0.25) is 0 Å². The third kappa shape index (κ3) is 6.77. The van der Waals surface area contributed by atoms with Gasteiger partial charge < -0.3 is 0 Å². The summed E-state index contributed by atoms with van der Waals surface area (Å²) in [5.41, 5.74) is 14.8. The molecule has 0 aliphatic carbocycles. The van der Waals surface area contributed by atoms with E-state index in [4.69, 9.17) is 0 Å². The van der Waals surface area contributed by atoms with Crippen molar-refractivity contribution in [1.82, 2.24) is 0 Å². The van der Waals surface area contributed by atoms with E-state index in [1.54, 1.807) is 0 Å². The average Bonchev–Trinajstić information content (AvgIpc) is 3.47. The maximum absolute atomic E-state index is 2.42. The number of hydrogen-bond acceptors (Lipinski definition) is 0. The largest absolute Gasteiger partial charge is 0.0616 e. The van der Waals surface area contributed by atoms with Crippen molar-refractivity contribution in [3.8, 4) is 66.8 Å². The Hall–Kier alpha value is -9.62. The Morgan fingerprint density at radius 2 is 0.446 bits per heavy atom. The highest BCUT2D eigenvalue weighted by atomic mass is 14.2. The molecule has 0 heterocycles. The fourth-order valence-electron chi connectivity index (χ4n) is 12.4. The van der Waals surface area contributed by atoms with Crippen LogP contribution in [0.1, 0.15) is 0 Å². The van der Waals surface area contributed by atoms with Gasteiger partial charge in [0.05, 0.1) is 0 Å². The normalized spacial score (nSPS) is 11.8. The van der Waals surface area contributed by atoms with Crippen LogP contribution in [0, 0.1) is 0 Å². The summed E-state index contributed by atoms with van der Waals surface area (Å²) in [6.07, 6.45) is 0. The second-order valence-corrected chi connectivity index (χ2v) is 19.9.